The molecule has 1 N–H and O–H groups in total. The van der Waals surface area contributed by atoms with Crippen LogP contribution in [0.5, 0.6) is 0 Å². The number of amides is 1. The Morgan fingerprint density at radius 1 is 0.895 bits per heavy atom. The van der Waals surface area contributed by atoms with E-state index in [-0.39, 0.29) is 22.4 Å². The van der Waals surface area contributed by atoms with Gasteiger partial charge in [0.25, 0.3) is 10.0 Å². The van der Waals surface area contributed by atoms with E-state index < -0.39 is 10.0 Å². The number of para-hydroxylation sites is 1. The molecule has 2 aromatic carbocycles. The first-order valence-corrected chi connectivity index (χ1v) is 13.7. The summed E-state index contributed by atoms with van der Waals surface area (Å²) < 4.78 is 28.5. The van der Waals surface area contributed by atoms with Crippen molar-refractivity contribution in [1.29, 1.82) is 0 Å². The molecule has 1 saturated heterocycles. The summed E-state index contributed by atoms with van der Waals surface area (Å²) in [6, 6.07) is 18.2. The molecule has 0 radical (unpaired) electrons. The normalized spacial score (nSPS) is 14.2. The Morgan fingerprint density at radius 2 is 1.66 bits per heavy atom. The standard InChI is InChI=1S/C27H25N7O3S/c1-19(35)32-14-16-33(17-15-32)23-9-7-22(8-10-23)30-27-29-18-21-11-13-34(26(21)31-27)38(36,37)24-6-2-4-20-5-3-12-28-25(20)24/h2-13,18H,14-17H2,1H3,(H,29,30,31). The molecule has 1 aliphatic rings. The van der Waals surface area contributed by atoms with Gasteiger partial charge in [-0.25, -0.2) is 17.4 Å². The molecule has 1 fully saturated rings. The number of nitrogens with zero attached hydrogens (tertiary/aromatic N) is 6. The zero-order valence-corrected chi connectivity index (χ0v) is 21.5. The SMILES string of the molecule is CC(=O)N1CCN(c2ccc(Nc3ncc4ccn(S(=O)(=O)c5cccc6cccnc56)c4n3)cc2)CC1. The van der Waals surface area contributed by atoms with E-state index in [4.69, 9.17) is 0 Å². The van der Waals surface area contributed by atoms with Crippen LogP contribution in [0.3, 0.4) is 0 Å². The first kappa shape index (κ1) is 23.9. The van der Waals surface area contributed by atoms with Crippen molar-refractivity contribution in [2.75, 3.05) is 36.4 Å². The van der Waals surface area contributed by atoms with Gasteiger partial charge in [-0.15, -0.1) is 0 Å². The molecule has 38 heavy (non-hydrogen) atoms. The van der Waals surface area contributed by atoms with Gasteiger partial charge >= 0.3 is 0 Å². The number of hydrogen-bond donors (Lipinski definition) is 1. The van der Waals surface area contributed by atoms with Gasteiger partial charge in [0.1, 0.15) is 4.90 Å². The van der Waals surface area contributed by atoms with Crippen LogP contribution >= 0.6 is 0 Å². The Morgan fingerprint density at radius 3 is 2.42 bits per heavy atom. The van der Waals surface area contributed by atoms with Crippen molar-refractivity contribution in [3.05, 3.63) is 79.3 Å². The summed E-state index contributed by atoms with van der Waals surface area (Å²) in [4.78, 5) is 29.0. The number of fused-ring (bicyclic) bond motifs is 2. The first-order chi connectivity index (χ1) is 18.4. The number of carbonyl (C=O) groups excluding carboxylic acids is 1. The molecule has 6 rings (SSSR count). The van der Waals surface area contributed by atoms with E-state index in [9.17, 15) is 13.2 Å². The van der Waals surface area contributed by atoms with E-state index in [1.54, 1.807) is 43.6 Å². The zero-order valence-electron chi connectivity index (χ0n) is 20.7. The third-order valence-electron chi connectivity index (χ3n) is 6.74. The van der Waals surface area contributed by atoms with E-state index in [1.165, 1.54) is 10.2 Å². The molecule has 0 atom stereocenters. The number of benzene rings is 2. The molecule has 0 unspecified atom stereocenters. The number of piperazine rings is 1. The second-order valence-electron chi connectivity index (χ2n) is 9.09. The Hall–Kier alpha value is -4.51. The molecule has 11 heteroatoms. The molecule has 0 bridgehead atoms. The van der Waals surface area contributed by atoms with Crippen molar-refractivity contribution in [3.63, 3.8) is 0 Å². The van der Waals surface area contributed by atoms with Crippen LogP contribution in [0.2, 0.25) is 0 Å². The maximum Gasteiger partial charge on any atom is 0.271 e. The minimum atomic E-state index is -3.96. The Bertz CT molecular complexity index is 1750. The van der Waals surface area contributed by atoms with Gasteiger partial charge in [-0.2, -0.15) is 4.98 Å². The van der Waals surface area contributed by atoms with E-state index in [0.717, 1.165) is 29.9 Å². The molecule has 192 valence electrons. The molecule has 1 aliphatic heterocycles. The fourth-order valence-corrected chi connectivity index (χ4v) is 6.18. The summed E-state index contributed by atoms with van der Waals surface area (Å²) in [6.07, 6.45) is 4.67. The summed E-state index contributed by atoms with van der Waals surface area (Å²) in [7, 11) is -3.96. The highest BCUT2D eigenvalue weighted by Crippen LogP contribution is 2.27. The molecule has 5 aromatic rings. The average molecular weight is 528 g/mol. The fraction of sp³-hybridized carbons (Fsp3) is 0.185. The van der Waals surface area contributed by atoms with Crippen LogP contribution in [0, 0.1) is 0 Å². The number of nitrogens with one attached hydrogen (secondary N) is 1. The van der Waals surface area contributed by atoms with Crippen molar-refractivity contribution < 1.29 is 13.2 Å². The fourth-order valence-electron chi connectivity index (χ4n) is 4.70. The summed E-state index contributed by atoms with van der Waals surface area (Å²) in [5.74, 6) is 0.389. The van der Waals surface area contributed by atoms with E-state index >= 15 is 0 Å². The molecule has 0 saturated carbocycles. The number of aromatic nitrogens is 4. The third-order valence-corrected chi connectivity index (χ3v) is 8.44. The van der Waals surface area contributed by atoms with Crippen LogP contribution in [0.1, 0.15) is 6.92 Å². The average Bonchev–Trinajstić information content (AvgIpc) is 3.37. The van der Waals surface area contributed by atoms with Crippen molar-refractivity contribution in [1.82, 2.24) is 23.8 Å². The van der Waals surface area contributed by atoms with Crippen molar-refractivity contribution >= 4 is 55.2 Å². The van der Waals surface area contributed by atoms with E-state index in [2.05, 4.69) is 25.2 Å². The molecule has 0 spiro atoms. The molecular weight excluding hydrogens is 502 g/mol. The van der Waals surface area contributed by atoms with Gasteiger partial charge in [-0.05, 0) is 42.5 Å². The summed E-state index contributed by atoms with van der Waals surface area (Å²) in [5.41, 5.74) is 2.52. The number of rotatable bonds is 5. The Kier molecular flexibility index (Phi) is 5.91. The van der Waals surface area contributed by atoms with Crippen LogP contribution in [-0.4, -0.2) is 64.3 Å². The highest BCUT2D eigenvalue weighted by molar-refractivity contribution is 7.90. The van der Waals surface area contributed by atoms with Gasteiger partial charge in [0.15, 0.2) is 5.65 Å². The minimum Gasteiger partial charge on any atom is -0.368 e. The molecular formula is C27H25N7O3S. The highest BCUT2D eigenvalue weighted by Gasteiger charge is 2.23. The maximum atomic E-state index is 13.7. The molecule has 4 heterocycles. The highest BCUT2D eigenvalue weighted by atomic mass is 32.2. The predicted octanol–water partition coefficient (Wildman–Crippen LogP) is 3.63. The second kappa shape index (κ2) is 9.42. The van der Waals surface area contributed by atoms with Crippen molar-refractivity contribution in [2.45, 2.75) is 11.8 Å². The number of pyridine rings is 1. The van der Waals surface area contributed by atoms with Gasteiger partial charge in [0.05, 0.1) is 5.52 Å². The lowest BCUT2D eigenvalue weighted by atomic mass is 10.2. The minimum absolute atomic E-state index is 0.105. The topological polar surface area (TPSA) is 113 Å². The largest absolute Gasteiger partial charge is 0.368 e. The van der Waals surface area contributed by atoms with Crippen LogP contribution in [-0.2, 0) is 14.8 Å². The lowest BCUT2D eigenvalue weighted by Gasteiger charge is -2.35. The van der Waals surface area contributed by atoms with Gasteiger partial charge in [0.2, 0.25) is 11.9 Å². The number of anilines is 3. The quantitative estimate of drug-likeness (QED) is 0.369. The predicted molar refractivity (Wildman–Crippen MR) is 146 cm³/mol. The van der Waals surface area contributed by atoms with Crippen molar-refractivity contribution in [3.8, 4) is 0 Å². The Balaban J connectivity index is 1.26. The van der Waals surface area contributed by atoms with Crippen LogP contribution in [0.4, 0.5) is 17.3 Å². The van der Waals surface area contributed by atoms with Gasteiger partial charge < -0.3 is 15.1 Å². The zero-order chi connectivity index (χ0) is 26.3. The maximum absolute atomic E-state index is 13.7. The van der Waals surface area contributed by atoms with Gasteiger partial charge in [0, 0.05) is 73.8 Å². The van der Waals surface area contributed by atoms with Crippen LogP contribution in [0.25, 0.3) is 21.9 Å². The van der Waals surface area contributed by atoms with Crippen LogP contribution in [0.15, 0.2) is 84.1 Å². The van der Waals surface area contributed by atoms with E-state index in [1.807, 2.05) is 41.3 Å². The lowest BCUT2D eigenvalue weighted by Crippen LogP contribution is -2.48. The molecule has 10 nitrogen and oxygen atoms in total. The lowest BCUT2D eigenvalue weighted by molar-refractivity contribution is -0.129. The Labute approximate surface area is 219 Å². The van der Waals surface area contributed by atoms with E-state index in [0.29, 0.717) is 24.0 Å². The van der Waals surface area contributed by atoms with Gasteiger partial charge in [-0.3, -0.25) is 9.78 Å². The van der Waals surface area contributed by atoms with Crippen LogP contribution < -0.4 is 10.2 Å². The summed E-state index contributed by atoms with van der Waals surface area (Å²) in [6.45, 7) is 4.58. The number of hydrogen-bond acceptors (Lipinski definition) is 8. The van der Waals surface area contributed by atoms with Crippen molar-refractivity contribution in [2.24, 2.45) is 0 Å². The summed E-state index contributed by atoms with van der Waals surface area (Å²) in [5, 5.41) is 4.52. The third kappa shape index (κ3) is 4.30. The number of carbonyl (C=O) groups is 1. The summed E-state index contributed by atoms with van der Waals surface area (Å²) >= 11 is 0. The monoisotopic (exact) mass is 527 g/mol. The molecule has 1 amide bonds. The molecule has 3 aromatic heterocycles. The smallest absolute Gasteiger partial charge is 0.271 e. The first-order valence-electron chi connectivity index (χ1n) is 12.2. The molecule has 0 aliphatic carbocycles. The van der Waals surface area contributed by atoms with Gasteiger partial charge in [-0.1, -0.05) is 18.2 Å². The second-order valence-corrected chi connectivity index (χ2v) is 10.9.